The fourth-order valence-corrected chi connectivity index (χ4v) is 4.09. The minimum Gasteiger partial charge on any atom is -0.486 e. The van der Waals surface area contributed by atoms with Crippen LogP contribution in [0.25, 0.3) is 10.9 Å². The molecular weight excluding hydrogens is 376 g/mol. The van der Waals surface area contributed by atoms with E-state index in [2.05, 4.69) is 32.0 Å². The third kappa shape index (κ3) is 3.01. The maximum atomic E-state index is 5.66. The SMILES string of the molecule is Brc1cc2c(cc1CSc1ncnc3ccccc13)OCCO2. The number of ether oxygens (including phenoxy) is 2. The summed E-state index contributed by atoms with van der Waals surface area (Å²) in [6.07, 6.45) is 1.61. The van der Waals surface area contributed by atoms with Crippen LogP contribution in [0.2, 0.25) is 0 Å². The van der Waals surface area contributed by atoms with Gasteiger partial charge >= 0.3 is 0 Å². The van der Waals surface area contributed by atoms with E-state index in [-0.39, 0.29) is 0 Å². The van der Waals surface area contributed by atoms with Crippen LogP contribution in [0.5, 0.6) is 11.5 Å². The largest absolute Gasteiger partial charge is 0.486 e. The van der Waals surface area contributed by atoms with E-state index in [1.807, 2.05) is 30.3 Å². The molecule has 1 aliphatic heterocycles. The van der Waals surface area contributed by atoms with Gasteiger partial charge in [0.1, 0.15) is 24.6 Å². The maximum absolute atomic E-state index is 5.66. The summed E-state index contributed by atoms with van der Waals surface area (Å²) < 4.78 is 12.3. The first-order chi connectivity index (χ1) is 11.3. The van der Waals surface area contributed by atoms with Gasteiger partial charge in [0.2, 0.25) is 0 Å². The van der Waals surface area contributed by atoms with Gasteiger partial charge in [-0.15, -0.1) is 11.8 Å². The predicted molar refractivity (Wildman–Crippen MR) is 94.2 cm³/mol. The van der Waals surface area contributed by atoms with E-state index in [0.29, 0.717) is 13.2 Å². The fourth-order valence-electron chi connectivity index (χ4n) is 2.46. The second-order valence-corrected chi connectivity index (χ2v) is 6.89. The molecule has 0 aliphatic carbocycles. The summed E-state index contributed by atoms with van der Waals surface area (Å²) in [6.45, 7) is 1.19. The molecule has 23 heavy (non-hydrogen) atoms. The third-order valence-corrected chi connectivity index (χ3v) is 5.37. The van der Waals surface area contributed by atoms with Crippen LogP contribution < -0.4 is 9.47 Å². The molecule has 6 heteroatoms. The molecule has 1 aromatic heterocycles. The molecule has 1 aliphatic rings. The van der Waals surface area contributed by atoms with Gasteiger partial charge in [-0.3, -0.25) is 0 Å². The molecule has 0 radical (unpaired) electrons. The summed E-state index contributed by atoms with van der Waals surface area (Å²) in [5.74, 6) is 2.39. The lowest BCUT2D eigenvalue weighted by Crippen LogP contribution is -2.15. The molecule has 0 atom stereocenters. The first-order valence-corrected chi connectivity index (χ1v) is 9.00. The minimum atomic E-state index is 0.595. The standard InChI is InChI=1S/C17H13BrN2O2S/c18-13-8-16-15(21-5-6-22-16)7-11(13)9-23-17-12-3-1-2-4-14(12)19-10-20-17/h1-4,7-8,10H,5-6,9H2. The van der Waals surface area contributed by atoms with E-state index in [9.17, 15) is 0 Å². The van der Waals surface area contributed by atoms with Crippen molar-refractivity contribution in [3.8, 4) is 11.5 Å². The van der Waals surface area contributed by atoms with Crippen LogP contribution in [-0.4, -0.2) is 23.2 Å². The highest BCUT2D eigenvalue weighted by atomic mass is 79.9. The van der Waals surface area contributed by atoms with E-state index in [0.717, 1.165) is 43.2 Å². The van der Waals surface area contributed by atoms with Gasteiger partial charge in [0.25, 0.3) is 0 Å². The van der Waals surface area contributed by atoms with Gasteiger partial charge in [-0.2, -0.15) is 0 Å². The van der Waals surface area contributed by atoms with Crippen molar-refractivity contribution in [1.82, 2.24) is 9.97 Å². The summed E-state index contributed by atoms with van der Waals surface area (Å²) in [5, 5.41) is 2.06. The Morgan fingerprint density at radius 1 is 1.04 bits per heavy atom. The van der Waals surface area contributed by atoms with Gasteiger partial charge in [-0.1, -0.05) is 34.1 Å². The van der Waals surface area contributed by atoms with Crippen LogP contribution in [0, 0.1) is 0 Å². The number of rotatable bonds is 3. The molecule has 4 rings (SSSR count). The summed E-state index contributed by atoms with van der Waals surface area (Å²) in [4.78, 5) is 8.72. The van der Waals surface area contributed by atoms with E-state index in [1.165, 1.54) is 0 Å². The van der Waals surface area contributed by atoms with Crippen molar-refractivity contribution in [3.63, 3.8) is 0 Å². The smallest absolute Gasteiger partial charge is 0.162 e. The highest BCUT2D eigenvalue weighted by molar-refractivity contribution is 9.10. The summed E-state index contributed by atoms with van der Waals surface area (Å²) in [5.41, 5.74) is 2.12. The van der Waals surface area contributed by atoms with Gasteiger partial charge < -0.3 is 9.47 Å². The third-order valence-electron chi connectivity index (χ3n) is 3.58. The predicted octanol–water partition coefficient (Wildman–Crippen LogP) is 4.46. The molecular formula is C17H13BrN2O2S. The summed E-state index contributed by atoms with van der Waals surface area (Å²) in [7, 11) is 0. The number of thioether (sulfide) groups is 1. The molecule has 4 nitrogen and oxygen atoms in total. The maximum Gasteiger partial charge on any atom is 0.162 e. The Morgan fingerprint density at radius 2 is 1.83 bits per heavy atom. The van der Waals surface area contributed by atoms with Crippen LogP contribution >= 0.6 is 27.7 Å². The van der Waals surface area contributed by atoms with E-state index in [1.54, 1.807) is 18.1 Å². The first kappa shape index (κ1) is 14.8. The molecule has 0 fully saturated rings. The van der Waals surface area contributed by atoms with Crippen molar-refractivity contribution >= 4 is 38.6 Å². The van der Waals surface area contributed by atoms with Crippen molar-refractivity contribution in [2.24, 2.45) is 0 Å². The molecule has 0 N–H and O–H groups in total. The normalized spacial score (nSPS) is 13.3. The van der Waals surface area contributed by atoms with Crippen LogP contribution in [0.4, 0.5) is 0 Å². The van der Waals surface area contributed by atoms with Crippen LogP contribution in [0.15, 0.2) is 52.2 Å². The second-order valence-electron chi connectivity index (χ2n) is 5.07. The summed E-state index contributed by atoms with van der Waals surface area (Å²) in [6, 6.07) is 12.1. The molecule has 2 aromatic carbocycles. The van der Waals surface area contributed by atoms with Crippen molar-refractivity contribution in [3.05, 3.63) is 52.8 Å². The molecule has 0 amide bonds. The minimum absolute atomic E-state index is 0.595. The topological polar surface area (TPSA) is 44.2 Å². The molecule has 0 spiro atoms. The number of benzene rings is 2. The van der Waals surface area contributed by atoms with Crippen LogP contribution in [0.1, 0.15) is 5.56 Å². The van der Waals surface area contributed by atoms with Crippen molar-refractivity contribution in [1.29, 1.82) is 0 Å². The monoisotopic (exact) mass is 388 g/mol. The zero-order chi connectivity index (χ0) is 15.6. The van der Waals surface area contributed by atoms with Crippen molar-refractivity contribution in [2.75, 3.05) is 13.2 Å². The molecule has 116 valence electrons. The van der Waals surface area contributed by atoms with E-state index < -0.39 is 0 Å². The fraction of sp³-hybridized carbons (Fsp3) is 0.176. The van der Waals surface area contributed by atoms with Gasteiger partial charge in [0.15, 0.2) is 11.5 Å². The number of aromatic nitrogens is 2. The van der Waals surface area contributed by atoms with Gasteiger partial charge in [-0.05, 0) is 23.8 Å². The van der Waals surface area contributed by atoms with Gasteiger partial charge in [0.05, 0.1) is 5.52 Å². The highest BCUT2D eigenvalue weighted by Crippen LogP contribution is 2.38. The first-order valence-electron chi connectivity index (χ1n) is 7.22. The highest BCUT2D eigenvalue weighted by Gasteiger charge is 2.15. The molecule has 0 saturated heterocycles. The number of para-hydroxylation sites is 1. The van der Waals surface area contributed by atoms with Crippen LogP contribution in [-0.2, 0) is 5.75 Å². The number of hydrogen-bond donors (Lipinski definition) is 0. The molecule has 0 unspecified atom stereocenters. The van der Waals surface area contributed by atoms with E-state index >= 15 is 0 Å². The second kappa shape index (κ2) is 6.37. The lowest BCUT2D eigenvalue weighted by Gasteiger charge is -2.19. The number of fused-ring (bicyclic) bond motifs is 2. The molecule has 3 aromatic rings. The van der Waals surface area contributed by atoms with Crippen molar-refractivity contribution < 1.29 is 9.47 Å². The Kier molecular flexibility index (Phi) is 4.10. The average molecular weight is 389 g/mol. The zero-order valence-corrected chi connectivity index (χ0v) is 14.6. The summed E-state index contributed by atoms with van der Waals surface area (Å²) >= 11 is 5.31. The van der Waals surface area contributed by atoms with E-state index in [4.69, 9.17) is 9.47 Å². The number of nitrogens with zero attached hydrogens (tertiary/aromatic N) is 2. The Hall–Kier alpha value is -1.79. The number of halogens is 1. The Morgan fingerprint density at radius 3 is 2.70 bits per heavy atom. The Bertz CT molecular complexity index is 867. The molecule has 0 bridgehead atoms. The quantitative estimate of drug-likeness (QED) is 0.489. The van der Waals surface area contributed by atoms with Crippen LogP contribution in [0.3, 0.4) is 0 Å². The lowest BCUT2D eigenvalue weighted by molar-refractivity contribution is 0.171. The van der Waals surface area contributed by atoms with Gasteiger partial charge in [-0.25, -0.2) is 9.97 Å². The average Bonchev–Trinajstić information content (AvgIpc) is 2.60. The van der Waals surface area contributed by atoms with Crippen molar-refractivity contribution in [2.45, 2.75) is 10.8 Å². The lowest BCUT2D eigenvalue weighted by atomic mass is 10.2. The number of hydrogen-bond acceptors (Lipinski definition) is 5. The Labute approximate surface area is 146 Å². The molecule has 2 heterocycles. The Balaban J connectivity index is 1.61. The molecule has 0 saturated carbocycles. The van der Waals surface area contributed by atoms with Gasteiger partial charge in [0, 0.05) is 15.6 Å². The zero-order valence-electron chi connectivity index (χ0n) is 12.2.